The molecule has 1 aliphatic rings. The quantitative estimate of drug-likeness (QED) is 0.161. The average Bonchev–Trinajstić information content (AvgIpc) is 3.81. The van der Waals surface area contributed by atoms with E-state index in [1.165, 1.54) is 55.6 Å². The Hall–Kier alpha value is -7.42. The van der Waals surface area contributed by atoms with Crippen LogP contribution in [0.1, 0.15) is 33.4 Å². The summed E-state index contributed by atoms with van der Waals surface area (Å²) in [5.41, 5.74) is 19.3. The first kappa shape index (κ1) is 34.8. The smallest absolute Gasteiger partial charge is 0.135 e. The fourth-order valence-electron chi connectivity index (χ4n) is 9.47. The molecule has 59 heavy (non-hydrogen) atoms. The Morgan fingerprint density at radius 1 is 0.373 bits per heavy atom. The lowest BCUT2D eigenvalue weighted by Crippen LogP contribution is -2.29. The molecule has 280 valence electrons. The van der Waals surface area contributed by atoms with Crippen LogP contribution in [0, 0.1) is 13.8 Å². The molecule has 0 unspecified atom stereocenters. The van der Waals surface area contributed by atoms with Gasteiger partial charge in [-0.15, -0.1) is 0 Å². The van der Waals surface area contributed by atoms with Crippen LogP contribution in [-0.4, -0.2) is 0 Å². The van der Waals surface area contributed by atoms with Gasteiger partial charge >= 0.3 is 0 Å². The molecule has 1 aliphatic carbocycles. The third-order valence-corrected chi connectivity index (χ3v) is 12.3. The molecule has 0 aliphatic heterocycles. The molecule has 0 fully saturated rings. The lowest BCUT2D eigenvalue weighted by atomic mass is 9.67. The molecule has 2 heteroatoms. The minimum absolute atomic E-state index is 0.535. The van der Waals surface area contributed by atoms with Gasteiger partial charge in [-0.3, -0.25) is 0 Å². The van der Waals surface area contributed by atoms with Gasteiger partial charge in [0.2, 0.25) is 0 Å². The Kier molecular flexibility index (Phi) is 8.20. The maximum absolute atomic E-state index is 6.36. The fourth-order valence-corrected chi connectivity index (χ4v) is 9.47. The first-order chi connectivity index (χ1) is 29.1. The largest absolute Gasteiger partial charge is 0.456 e. The van der Waals surface area contributed by atoms with Crippen LogP contribution >= 0.6 is 0 Å². The van der Waals surface area contributed by atoms with E-state index in [1.54, 1.807) is 0 Å². The van der Waals surface area contributed by atoms with Gasteiger partial charge in [-0.05, 0) is 106 Å². The van der Waals surface area contributed by atoms with Crippen LogP contribution in [0.3, 0.4) is 0 Å². The SMILES string of the molecule is Cc1ccc(C2(c3ccc(C)cc3)c3ccccc3-c3ccc(N(c4ccc5oc6ccccc6c5c4)c4ccccc4-c4ccc(-c5ccccc5)cc4)cc32)cc1. The first-order valence-corrected chi connectivity index (χ1v) is 20.4. The Bertz CT molecular complexity index is 3110. The lowest BCUT2D eigenvalue weighted by molar-refractivity contribution is 0.669. The van der Waals surface area contributed by atoms with Crippen molar-refractivity contribution in [1.82, 2.24) is 0 Å². The average molecular weight is 756 g/mol. The van der Waals surface area contributed by atoms with E-state index in [2.05, 4.69) is 225 Å². The van der Waals surface area contributed by atoms with Gasteiger partial charge in [0.1, 0.15) is 11.2 Å². The third kappa shape index (κ3) is 5.63. The summed E-state index contributed by atoms with van der Waals surface area (Å²) in [6.07, 6.45) is 0. The van der Waals surface area contributed by atoms with Crippen molar-refractivity contribution in [2.24, 2.45) is 0 Å². The molecule has 10 aromatic rings. The number of hydrogen-bond acceptors (Lipinski definition) is 2. The third-order valence-electron chi connectivity index (χ3n) is 12.3. The van der Waals surface area contributed by atoms with Crippen molar-refractivity contribution in [2.45, 2.75) is 19.3 Å². The number of anilines is 3. The van der Waals surface area contributed by atoms with Gasteiger partial charge < -0.3 is 9.32 Å². The fraction of sp³-hybridized carbons (Fsp3) is 0.0526. The second-order valence-corrected chi connectivity index (χ2v) is 15.8. The molecule has 1 aromatic heterocycles. The number of rotatable bonds is 7. The lowest BCUT2D eigenvalue weighted by Gasteiger charge is -2.35. The van der Waals surface area contributed by atoms with Crippen LogP contribution in [-0.2, 0) is 5.41 Å². The highest BCUT2D eigenvalue weighted by atomic mass is 16.3. The van der Waals surface area contributed by atoms with Crippen molar-refractivity contribution in [2.75, 3.05) is 4.90 Å². The number of benzene rings is 9. The molecule has 0 bridgehead atoms. The summed E-state index contributed by atoms with van der Waals surface area (Å²) in [7, 11) is 0. The first-order valence-electron chi connectivity index (χ1n) is 20.4. The topological polar surface area (TPSA) is 16.4 Å². The van der Waals surface area contributed by atoms with Gasteiger partial charge in [0.15, 0.2) is 0 Å². The molecule has 0 radical (unpaired) electrons. The Morgan fingerprint density at radius 2 is 0.915 bits per heavy atom. The van der Waals surface area contributed by atoms with Crippen LogP contribution in [0.2, 0.25) is 0 Å². The Labute approximate surface area is 345 Å². The molecular formula is C57H41NO. The summed E-state index contributed by atoms with van der Waals surface area (Å²) >= 11 is 0. The highest BCUT2D eigenvalue weighted by molar-refractivity contribution is 6.07. The summed E-state index contributed by atoms with van der Waals surface area (Å²) in [6.45, 7) is 4.34. The number of aryl methyl sites for hydroxylation is 2. The molecule has 1 heterocycles. The molecule has 9 aromatic carbocycles. The zero-order valence-corrected chi connectivity index (χ0v) is 33.1. The summed E-state index contributed by atoms with van der Waals surface area (Å²) in [5, 5.41) is 2.20. The molecule has 0 saturated heterocycles. The van der Waals surface area contributed by atoms with E-state index in [4.69, 9.17) is 4.42 Å². The summed E-state index contributed by atoms with van der Waals surface area (Å²) < 4.78 is 6.36. The van der Waals surface area contributed by atoms with Crippen molar-refractivity contribution in [3.05, 3.63) is 246 Å². The molecule has 0 N–H and O–H groups in total. The van der Waals surface area contributed by atoms with E-state index in [0.717, 1.165) is 50.1 Å². The van der Waals surface area contributed by atoms with E-state index in [-0.39, 0.29) is 0 Å². The zero-order chi connectivity index (χ0) is 39.5. The number of fused-ring (bicyclic) bond motifs is 6. The van der Waals surface area contributed by atoms with Crippen LogP contribution in [0.25, 0.3) is 55.3 Å². The van der Waals surface area contributed by atoms with Crippen molar-refractivity contribution in [1.29, 1.82) is 0 Å². The Balaban J connectivity index is 1.17. The number of para-hydroxylation sites is 2. The molecule has 0 amide bonds. The summed E-state index contributed by atoms with van der Waals surface area (Å²) in [6, 6.07) is 77.8. The monoisotopic (exact) mass is 755 g/mol. The molecule has 0 saturated carbocycles. The van der Waals surface area contributed by atoms with Crippen LogP contribution in [0.15, 0.2) is 217 Å². The number of hydrogen-bond donors (Lipinski definition) is 0. The van der Waals surface area contributed by atoms with Crippen molar-refractivity contribution >= 4 is 39.0 Å². The maximum Gasteiger partial charge on any atom is 0.135 e. The van der Waals surface area contributed by atoms with Gasteiger partial charge in [-0.1, -0.05) is 181 Å². The van der Waals surface area contributed by atoms with E-state index in [1.807, 2.05) is 6.07 Å². The van der Waals surface area contributed by atoms with E-state index in [9.17, 15) is 0 Å². The maximum atomic E-state index is 6.36. The molecule has 0 atom stereocenters. The molecular weight excluding hydrogens is 715 g/mol. The predicted octanol–water partition coefficient (Wildman–Crippen LogP) is 15.4. The van der Waals surface area contributed by atoms with Crippen LogP contribution in [0.5, 0.6) is 0 Å². The Morgan fingerprint density at radius 3 is 1.66 bits per heavy atom. The molecule has 11 rings (SSSR count). The van der Waals surface area contributed by atoms with Crippen LogP contribution < -0.4 is 4.90 Å². The van der Waals surface area contributed by atoms with Crippen LogP contribution in [0.4, 0.5) is 17.1 Å². The second kappa shape index (κ2) is 13.9. The number of furan rings is 1. The van der Waals surface area contributed by atoms with E-state index in [0.29, 0.717) is 0 Å². The predicted molar refractivity (Wildman–Crippen MR) is 246 cm³/mol. The van der Waals surface area contributed by atoms with Crippen molar-refractivity contribution in [3.8, 4) is 33.4 Å². The summed E-state index contributed by atoms with van der Waals surface area (Å²) in [5.74, 6) is 0. The van der Waals surface area contributed by atoms with Gasteiger partial charge in [0, 0.05) is 27.7 Å². The zero-order valence-electron chi connectivity index (χ0n) is 33.1. The minimum atomic E-state index is -0.535. The molecule has 0 spiro atoms. The van der Waals surface area contributed by atoms with Gasteiger partial charge in [-0.25, -0.2) is 0 Å². The highest BCUT2D eigenvalue weighted by Crippen LogP contribution is 2.57. The normalized spacial score (nSPS) is 12.7. The number of nitrogens with zero attached hydrogens (tertiary/aromatic N) is 1. The van der Waals surface area contributed by atoms with Crippen molar-refractivity contribution in [3.63, 3.8) is 0 Å². The van der Waals surface area contributed by atoms with E-state index < -0.39 is 5.41 Å². The standard InChI is InChI=1S/C57H41NO/c1-38-20-28-43(29-21-38)57(44-30-22-39(2)23-31-44)52-17-9-6-15-48(52)49-34-32-46(37-53(49)57)58(45-33-35-56-51(36-45)50-16-8-11-19-55(50)59-56)54-18-10-7-14-47(54)42-26-24-41(25-27-42)40-12-4-3-5-13-40/h3-37H,1-2H3. The minimum Gasteiger partial charge on any atom is -0.456 e. The molecule has 2 nitrogen and oxygen atoms in total. The van der Waals surface area contributed by atoms with Gasteiger partial charge in [0.25, 0.3) is 0 Å². The summed E-state index contributed by atoms with van der Waals surface area (Å²) in [4.78, 5) is 2.44. The highest BCUT2D eigenvalue weighted by Gasteiger charge is 2.46. The van der Waals surface area contributed by atoms with E-state index >= 15 is 0 Å². The van der Waals surface area contributed by atoms with Gasteiger partial charge in [0.05, 0.1) is 11.1 Å². The van der Waals surface area contributed by atoms with Gasteiger partial charge in [-0.2, -0.15) is 0 Å². The van der Waals surface area contributed by atoms with Crippen molar-refractivity contribution < 1.29 is 4.42 Å². The second-order valence-electron chi connectivity index (χ2n) is 15.8.